The molecule has 0 aromatic heterocycles. The predicted molar refractivity (Wildman–Crippen MR) is 97.4 cm³/mol. The molecular weight excluding hydrogens is 386 g/mol. The summed E-state index contributed by atoms with van der Waals surface area (Å²) in [6, 6.07) is 0. The van der Waals surface area contributed by atoms with Crippen LogP contribution in [0, 0.1) is 0 Å². The van der Waals surface area contributed by atoms with Gasteiger partial charge >= 0.3 is 15.6 Å². The number of phosphoric acid groups is 2. The van der Waals surface area contributed by atoms with Crippen molar-refractivity contribution in [2.24, 2.45) is 0 Å². The van der Waals surface area contributed by atoms with Gasteiger partial charge in [-0.2, -0.15) is 0 Å². The molecule has 0 saturated heterocycles. The van der Waals surface area contributed by atoms with E-state index in [1.54, 1.807) is 27.7 Å². The summed E-state index contributed by atoms with van der Waals surface area (Å²) in [5.41, 5.74) is -1.84. The van der Waals surface area contributed by atoms with Crippen LogP contribution in [0.15, 0.2) is 0 Å². The maximum absolute atomic E-state index is 10.9. The molecule has 0 amide bonds. The van der Waals surface area contributed by atoms with Crippen LogP contribution in [0.4, 0.5) is 0 Å². The van der Waals surface area contributed by atoms with Crippen LogP contribution in [0.3, 0.4) is 0 Å². The molecule has 11 heteroatoms. The summed E-state index contributed by atoms with van der Waals surface area (Å²) in [6.45, 7) is 6.46. The average Bonchev–Trinajstić information content (AvgIpc) is 2.34. The molecule has 0 fully saturated rings. The van der Waals surface area contributed by atoms with Crippen molar-refractivity contribution < 1.29 is 42.9 Å². The van der Waals surface area contributed by atoms with Crippen LogP contribution in [0.2, 0.25) is 0 Å². The Morgan fingerprint density at radius 2 is 1.04 bits per heavy atom. The van der Waals surface area contributed by atoms with E-state index in [9.17, 15) is 14.2 Å². The Morgan fingerprint density at radius 1 is 0.731 bits per heavy atom. The molecule has 5 N–H and O–H groups in total. The van der Waals surface area contributed by atoms with Crippen molar-refractivity contribution in [2.45, 2.75) is 96.4 Å². The molecule has 9 nitrogen and oxygen atoms in total. The summed E-state index contributed by atoms with van der Waals surface area (Å²) in [5, 5.41) is 9.97. The SMILES string of the molecule is CC(C)(CCCCC(O)CCCCC(C)(C)OP(=O)(O)O)OP(=O)(O)O. The zero-order valence-electron chi connectivity index (χ0n) is 16.0. The highest BCUT2D eigenvalue weighted by Crippen LogP contribution is 2.43. The zero-order chi connectivity index (χ0) is 20.6. The third kappa shape index (κ3) is 16.4. The Kier molecular flexibility index (Phi) is 10.7. The molecule has 158 valence electrons. The summed E-state index contributed by atoms with van der Waals surface area (Å²) in [7, 11) is -9.02. The molecule has 0 spiro atoms. The Labute approximate surface area is 155 Å². The summed E-state index contributed by atoms with van der Waals surface area (Å²) in [4.78, 5) is 35.3. The summed E-state index contributed by atoms with van der Waals surface area (Å²) < 4.78 is 31.2. The van der Waals surface area contributed by atoms with Gasteiger partial charge in [0.05, 0.1) is 17.3 Å². The van der Waals surface area contributed by atoms with Gasteiger partial charge in [-0.05, 0) is 53.4 Å². The molecule has 0 aliphatic rings. The van der Waals surface area contributed by atoms with E-state index in [-0.39, 0.29) is 0 Å². The molecule has 0 rings (SSSR count). The number of hydrogen-bond acceptors (Lipinski definition) is 5. The second-order valence-corrected chi connectivity index (χ2v) is 10.2. The van der Waals surface area contributed by atoms with Crippen LogP contribution < -0.4 is 0 Å². The third-order valence-electron chi connectivity index (χ3n) is 3.86. The number of phosphoric ester groups is 2. The lowest BCUT2D eigenvalue weighted by molar-refractivity contribution is 0.0536. The van der Waals surface area contributed by atoms with Gasteiger partial charge in [-0.15, -0.1) is 0 Å². The Morgan fingerprint density at radius 3 is 1.31 bits per heavy atom. The van der Waals surface area contributed by atoms with Gasteiger partial charge in [-0.1, -0.05) is 25.7 Å². The quantitative estimate of drug-likeness (QED) is 0.210. The van der Waals surface area contributed by atoms with Crippen molar-refractivity contribution in [1.29, 1.82) is 0 Å². The second-order valence-electron chi connectivity index (χ2n) is 7.83. The number of hydrogen-bond donors (Lipinski definition) is 5. The van der Waals surface area contributed by atoms with E-state index in [1.165, 1.54) is 0 Å². The van der Waals surface area contributed by atoms with E-state index in [4.69, 9.17) is 28.6 Å². The van der Waals surface area contributed by atoms with Crippen molar-refractivity contribution in [3.05, 3.63) is 0 Å². The van der Waals surface area contributed by atoms with Crippen molar-refractivity contribution >= 4 is 15.6 Å². The van der Waals surface area contributed by atoms with Gasteiger partial charge in [0, 0.05) is 0 Å². The van der Waals surface area contributed by atoms with Crippen LogP contribution in [0.25, 0.3) is 0 Å². The van der Waals surface area contributed by atoms with Crippen molar-refractivity contribution in [1.82, 2.24) is 0 Å². The van der Waals surface area contributed by atoms with Crippen LogP contribution >= 0.6 is 15.6 Å². The van der Waals surface area contributed by atoms with E-state index in [2.05, 4.69) is 0 Å². The first-order chi connectivity index (χ1) is 11.5. The topological polar surface area (TPSA) is 154 Å². The molecule has 0 aliphatic carbocycles. The fourth-order valence-corrected chi connectivity index (χ4v) is 4.21. The Hall–Kier alpha value is 0.180. The molecule has 0 aromatic carbocycles. The lowest BCUT2D eigenvalue weighted by Gasteiger charge is -2.25. The molecule has 0 saturated carbocycles. The minimum absolute atomic E-state index is 0.471. The highest BCUT2D eigenvalue weighted by molar-refractivity contribution is 7.46. The van der Waals surface area contributed by atoms with Crippen molar-refractivity contribution in [2.75, 3.05) is 0 Å². The normalized spacial score (nSPS) is 14.2. The van der Waals surface area contributed by atoms with Crippen LogP contribution in [-0.2, 0) is 18.2 Å². The molecule has 0 bridgehead atoms. The highest BCUT2D eigenvalue weighted by Gasteiger charge is 2.29. The summed E-state index contributed by atoms with van der Waals surface area (Å²) in [5.74, 6) is 0. The first-order valence-electron chi connectivity index (χ1n) is 8.72. The Balaban J connectivity index is 3.89. The standard InChI is InChI=1S/C15H34O9P2/c1-14(2,23-25(17,18)19)11-7-5-9-13(16)10-6-8-12-15(3,4)24-26(20,21)22/h13,16H,5-12H2,1-4H3,(H2,17,18,19)(H2,20,21,22). The fraction of sp³-hybridized carbons (Fsp3) is 1.00. The molecule has 0 aliphatic heterocycles. The monoisotopic (exact) mass is 420 g/mol. The van der Waals surface area contributed by atoms with Crippen LogP contribution in [0.5, 0.6) is 0 Å². The molecule has 0 atom stereocenters. The lowest BCUT2D eigenvalue weighted by Crippen LogP contribution is -2.23. The average molecular weight is 420 g/mol. The molecule has 26 heavy (non-hydrogen) atoms. The first-order valence-corrected chi connectivity index (χ1v) is 11.8. The number of unbranched alkanes of at least 4 members (excludes halogenated alkanes) is 2. The molecule has 0 unspecified atom stereocenters. The van der Waals surface area contributed by atoms with Gasteiger partial charge in [-0.25, -0.2) is 9.13 Å². The minimum atomic E-state index is -4.51. The molecule has 0 radical (unpaired) electrons. The number of rotatable bonds is 14. The van der Waals surface area contributed by atoms with Gasteiger partial charge in [0.1, 0.15) is 0 Å². The predicted octanol–water partition coefficient (Wildman–Crippen LogP) is 3.24. The summed E-state index contributed by atoms with van der Waals surface area (Å²) in [6.07, 6.45) is 4.39. The van der Waals surface area contributed by atoms with E-state index < -0.39 is 33.0 Å². The number of aliphatic hydroxyl groups is 1. The van der Waals surface area contributed by atoms with E-state index in [1.807, 2.05) is 0 Å². The van der Waals surface area contributed by atoms with Gasteiger partial charge in [0.15, 0.2) is 0 Å². The second kappa shape index (κ2) is 10.6. The lowest BCUT2D eigenvalue weighted by atomic mass is 9.97. The third-order valence-corrected chi connectivity index (χ3v) is 5.33. The van der Waals surface area contributed by atoms with Crippen molar-refractivity contribution in [3.63, 3.8) is 0 Å². The zero-order valence-corrected chi connectivity index (χ0v) is 17.8. The van der Waals surface area contributed by atoms with E-state index in [0.29, 0.717) is 51.4 Å². The van der Waals surface area contributed by atoms with Gasteiger partial charge in [-0.3, -0.25) is 9.05 Å². The van der Waals surface area contributed by atoms with Gasteiger partial charge < -0.3 is 24.7 Å². The van der Waals surface area contributed by atoms with E-state index in [0.717, 1.165) is 0 Å². The van der Waals surface area contributed by atoms with Gasteiger partial charge in [0.2, 0.25) is 0 Å². The molecular formula is C15H34O9P2. The maximum atomic E-state index is 10.9. The fourth-order valence-electron chi connectivity index (χ4n) is 2.74. The van der Waals surface area contributed by atoms with Crippen LogP contribution in [0.1, 0.15) is 79.1 Å². The smallest absolute Gasteiger partial charge is 0.393 e. The first kappa shape index (κ1) is 26.2. The Bertz CT molecular complexity index is 451. The number of aliphatic hydroxyl groups excluding tert-OH is 1. The molecule has 0 heterocycles. The van der Waals surface area contributed by atoms with Crippen LogP contribution in [-0.4, -0.2) is 42.0 Å². The van der Waals surface area contributed by atoms with Gasteiger partial charge in [0.25, 0.3) is 0 Å². The molecule has 0 aromatic rings. The maximum Gasteiger partial charge on any atom is 0.470 e. The summed E-state index contributed by atoms with van der Waals surface area (Å²) >= 11 is 0. The largest absolute Gasteiger partial charge is 0.470 e. The highest BCUT2D eigenvalue weighted by atomic mass is 31.2. The van der Waals surface area contributed by atoms with E-state index >= 15 is 0 Å². The minimum Gasteiger partial charge on any atom is -0.393 e. The van der Waals surface area contributed by atoms with Crippen molar-refractivity contribution in [3.8, 4) is 0 Å².